The molecule has 2 fully saturated rings. The highest BCUT2D eigenvalue weighted by Crippen LogP contribution is 2.31. The Hall–Kier alpha value is -2.19. The largest absolute Gasteiger partial charge is 0.490 e. The predicted molar refractivity (Wildman–Crippen MR) is 114 cm³/mol. The molecule has 0 radical (unpaired) electrons. The molecule has 0 bridgehead atoms. The van der Waals surface area contributed by atoms with Crippen molar-refractivity contribution >= 4 is 12.0 Å². The van der Waals surface area contributed by atoms with Crippen molar-refractivity contribution in [3.8, 4) is 11.5 Å². The van der Waals surface area contributed by atoms with Gasteiger partial charge in [0.1, 0.15) is 0 Å². The summed E-state index contributed by atoms with van der Waals surface area (Å²) >= 11 is 0. The number of amides is 1. The van der Waals surface area contributed by atoms with Crippen molar-refractivity contribution in [2.45, 2.75) is 51.2 Å². The van der Waals surface area contributed by atoms with E-state index in [9.17, 15) is 13.6 Å². The number of nitrogens with zero attached hydrogens (tertiary/aromatic N) is 1. The van der Waals surface area contributed by atoms with Gasteiger partial charge in [0.25, 0.3) is 0 Å². The van der Waals surface area contributed by atoms with E-state index < -0.39 is 6.61 Å². The summed E-state index contributed by atoms with van der Waals surface area (Å²) in [7, 11) is 0. The molecule has 31 heavy (non-hydrogen) atoms. The highest BCUT2D eigenvalue weighted by atomic mass is 19.3. The summed E-state index contributed by atoms with van der Waals surface area (Å²) in [5, 5.41) is 3.06. The molecule has 2 heterocycles. The van der Waals surface area contributed by atoms with E-state index in [1.165, 1.54) is 31.4 Å². The zero-order chi connectivity index (χ0) is 22.1. The van der Waals surface area contributed by atoms with Crippen molar-refractivity contribution in [2.24, 2.45) is 0 Å². The van der Waals surface area contributed by atoms with E-state index in [0.29, 0.717) is 18.7 Å². The second-order valence-electron chi connectivity index (χ2n) is 7.95. The second kappa shape index (κ2) is 11.4. The maximum atomic E-state index is 12.5. The first-order chi connectivity index (χ1) is 15.0. The molecule has 2 aliphatic rings. The predicted octanol–water partition coefficient (Wildman–Crippen LogP) is 3.85. The first kappa shape index (κ1) is 23.5. The van der Waals surface area contributed by atoms with Crippen molar-refractivity contribution in [1.82, 2.24) is 10.2 Å². The number of piperidine rings is 1. The van der Waals surface area contributed by atoms with Crippen molar-refractivity contribution in [1.29, 1.82) is 0 Å². The number of alkyl halides is 2. The first-order valence-electron chi connectivity index (χ1n) is 11.0. The number of ether oxygens (including phenoxy) is 3. The van der Waals surface area contributed by atoms with Crippen molar-refractivity contribution < 1.29 is 27.8 Å². The summed E-state index contributed by atoms with van der Waals surface area (Å²) in [5.41, 5.74) is 0.621. The van der Waals surface area contributed by atoms with E-state index in [1.807, 2.05) is 0 Å². The summed E-state index contributed by atoms with van der Waals surface area (Å²) < 4.78 is 40.5. The number of nitrogens with one attached hydrogen (secondary N) is 1. The topological polar surface area (TPSA) is 60.0 Å². The number of carbonyl (C=O) groups excluding carboxylic acids is 1. The number of rotatable bonds is 9. The molecule has 0 atom stereocenters. The normalized spacial score (nSPS) is 19.5. The van der Waals surface area contributed by atoms with Crippen LogP contribution in [0.15, 0.2) is 24.3 Å². The van der Waals surface area contributed by atoms with Gasteiger partial charge in [0.15, 0.2) is 11.5 Å². The molecule has 1 N–H and O–H groups in total. The molecule has 3 rings (SSSR count). The summed E-state index contributed by atoms with van der Waals surface area (Å²) in [5.74, 6) is 0.00630. The van der Waals surface area contributed by atoms with Gasteiger partial charge in [0, 0.05) is 31.4 Å². The lowest BCUT2D eigenvalue weighted by Crippen LogP contribution is -2.59. The van der Waals surface area contributed by atoms with Crippen LogP contribution in [0.3, 0.4) is 0 Å². The van der Waals surface area contributed by atoms with Gasteiger partial charge in [-0.3, -0.25) is 9.69 Å². The molecule has 0 unspecified atom stereocenters. The Morgan fingerprint density at radius 2 is 1.97 bits per heavy atom. The van der Waals surface area contributed by atoms with E-state index in [1.54, 1.807) is 25.1 Å². The quantitative estimate of drug-likeness (QED) is 0.594. The zero-order valence-corrected chi connectivity index (χ0v) is 18.1. The molecule has 2 aliphatic heterocycles. The maximum Gasteiger partial charge on any atom is 0.387 e. The van der Waals surface area contributed by atoms with Crippen molar-refractivity contribution in [3.05, 3.63) is 29.8 Å². The minimum Gasteiger partial charge on any atom is -0.490 e. The van der Waals surface area contributed by atoms with Gasteiger partial charge in [-0.2, -0.15) is 8.78 Å². The van der Waals surface area contributed by atoms with Gasteiger partial charge in [-0.15, -0.1) is 0 Å². The molecule has 6 nitrogen and oxygen atoms in total. The van der Waals surface area contributed by atoms with Crippen LogP contribution in [0.25, 0.3) is 6.08 Å². The lowest BCUT2D eigenvalue weighted by molar-refractivity contribution is -0.118. The van der Waals surface area contributed by atoms with Gasteiger partial charge < -0.3 is 19.5 Å². The average molecular weight is 439 g/mol. The fourth-order valence-corrected chi connectivity index (χ4v) is 4.30. The Morgan fingerprint density at radius 3 is 2.65 bits per heavy atom. The van der Waals surface area contributed by atoms with Crippen LogP contribution in [-0.2, 0) is 9.53 Å². The van der Waals surface area contributed by atoms with Crippen LogP contribution in [0.5, 0.6) is 11.5 Å². The summed E-state index contributed by atoms with van der Waals surface area (Å²) in [6.07, 6.45) is 8.60. The Morgan fingerprint density at radius 1 is 1.23 bits per heavy atom. The van der Waals surface area contributed by atoms with E-state index >= 15 is 0 Å². The molecule has 0 spiro atoms. The monoisotopic (exact) mass is 438 g/mol. The van der Waals surface area contributed by atoms with Gasteiger partial charge in [0.05, 0.1) is 6.61 Å². The third kappa shape index (κ3) is 6.64. The Kier molecular flexibility index (Phi) is 8.66. The fraction of sp³-hybridized carbons (Fsp3) is 0.609. The number of hydrogen-bond acceptors (Lipinski definition) is 5. The van der Waals surface area contributed by atoms with Crippen LogP contribution in [0.4, 0.5) is 8.78 Å². The molecule has 172 valence electrons. The van der Waals surface area contributed by atoms with Crippen LogP contribution in [0, 0.1) is 0 Å². The molecule has 1 aromatic rings. The highest BCUT2D eigenvalue weighted by Gasteiger charge is 2.38. The molecule has 0 aromatic heterocycles. The number of carbonyl (C=O) groups is 1. The lowest BCUT2D eigenvalue weighted by Gasteiger charge is -2.48. The Bertz CT molecular complexity index is 745. The minimum atomic E-state index is -2.93. The summed E-state index contributed by atoms with van der Waals surface area (Å²) in [6, 6.07) is 4.61. The molecule has 8 heteroatoms. The molecule has 1 aromatic carbocycles. The molecule has 1 amide bonds. The minimum absolute atomic E-state index is 0.0264. The maximum absolute atomic E-state index is 12.5. The van der Waals surface area contributed by atoms with Crippen LogP contribution < -0.4 is 14.8 Å². The van der Waals surface area contributed by atoms with Gasteiger partial charge in [0.2, 0.25) is 5.91 Å². The van der Waals surface area contributed by atoms with Gasteiger partial charge in [-0.1, -0.05) is 12.5 Å². The third-order valence-corrected chi connectivity index (χ3v) is 5.95. The molecular formula is C23H32F2N2O4. The third-order valence-electron chi connectivity index (χ3n) is 5.95. The van der Waals surface area contributed by atoms with Crippen molar-refractivity contribution in [3.63, 3.8) is 0 Å². The molecular weight excluding hydrogens is 406 g/mol. The molecule has 0 aliphatic carbocycles. The van der Waals surface area contributed by atoms with E-state index in [4.69, 9.17) is 9.47 Å². The molecule has 2 saturated heterocycles. The van der Waals surface area contributed by atoms with Crippen LogP contribution in [-0.4, -0.2) is 62.4 Å². The van der Waals surface area contributed by atoms with Gasteiger partial charge in [-0.05, 0) is 69.5 Å². The van der Waals surface area contributed by atoms with Crippen LogP contribution in [0.1, 0.15) is 44.6 Å². The van der Waals surface area contributed by atoms with Gasteiger partial charge >= 0.3 is 6.61 Å². The fourth-order valence-electron chi connectivity index (χ4n) is 4.30. The standard InChI is InChI=1S/C23H32F2N2O4/c1-2-30-20-16-18(6-8-19(20)31-22(24)25)7-9-21(28)26-17-23(10-14-29-15-11-23)27-12-4-3-5-13-27/h6-9,16,22H,2-5,10-15,17H2,1H3,(H,26,28)/b9-7+. The van der Waals surface area contributed by atoms with E-state index in [0.717, 1.165) is 39.1 Å². The smallest absolute Gasteiger partial charge is 0.387 e. The SMILES string of the molecule is CCOc1cc(/C=C/C(=O)NCC2(N3CCCCC3)CCOCC2)ccc1OC(F)F. The number of halogens is 2. The summed E-state index contributed by atoms with van der Waals surface area (Å²) in [4.78, 5) is 15.0. The Labute approximate surface area is 182 Å². The van der Waals surface area contributed by atoms with Crippen LogP contribution in [0.2, 0.25) is 0 Å². The van der Waals surface area contributed by atoms with Gasteiger partial charge in [-0.25, -0.2) is 0 Å². The first-order valence-corrected chi connectivity index (χ1v) is 11.0. The van der Waals surface area contributed by atoms with E-state index in [2.05, 4.69) is 15.0 Å². The summed E-state index contributed by atoms with van der Waals surface area (Å²) in [6.45, 7) is 3.31. The second-order valence-corrected chi connectivity index (χ2v) is 7.95. The Balaban J connectivity index is 1.61. The zero-order valence-electron chi connectivity index (χ0n) is 18.1. The van der Waals surface area contributed by atoms with E-state index in [-0.39, 0.29) is 22.9 Å². The van der Waals surface area contributed by atoms with Crippen LogP contribution >= 0.6 is 0 Å². The number of likely N-dealkylation sites (tertiary alicyclic amines) is 1. The lowest BCUT2D eigenvalue weighted by atomic mass is 9.86. The molecule has 0 saturated carbocycles. The average Bonchev–Trinajstić information content (AvgIpc) is 2.79. The van der Waals surface area contributed by atoms with Crippen molar-refractivity contribution in [2.75, 3.05) is 39.5 Å². The number of benzene rings is 1. The number of hydrogen-bond donors (Lipinski definition) is 1. The highest BCUT2D eigenvalue weighted by molar-refractivity contribution is 5.91.